The summed E-state index contributed by atoms with van der Waals surface area (Å²) < 4.78 is 0. The lowest BCUT2D eigenvalue weighted by Crippen LogP contribution is -2.31. The topological polar surface area (TPSA) is 75.0 Å². The summed E-state index contributed by atoms with van der Waals surface area (Å²) in [6.45, 7) is 2.23. The fraction of sp³-hybridized carbons (Fsp3) is 0.333. The summed E-state index contributed by atoms with van der Waals surface area (Å²) in [5, 5.41) is 2.16. The molecule has 1 amide bonds. The Morgan fingerprint density at radius 1 is 1.30 bits per heavy atom. The van der Waals surface area contributed by atoms with E-state index in [-0.39, 0.29) is 0 Å². The number of likely N-dealkylation sites (tertiary alicyclic amines) is 1. The highest BCUT2D eigenvalue weighted by atomic mass is 16.1. The minimum Gasteiger partial charge on any atom is -0.366 e. The molecule has 1 aliphatic heterocycles. The Morgan fingerprint density at radius 2 is 2.13 bits per heavy atom. The van der Waals surface area contributed by atoms with Gasteiger partial charge in [0.25, 0.3) is 0 Å². The second-order valence-corrected chi connectivity index (χ2v) is 6.48. The molecule has 0 radical (unpaired) electrons. The van der Waals surface area contributed by atoms with Crippen LogP contribution in [0.15, 0.2) is 30.3 Å². The molecule has 1 fully saturated rings. The maximum absolute atomic E-state index is 11.3. The molecule has 1 aliphatic rings. The zero-order chi connectivity index (χ0) is 16.0. The Morgan fingerprint density at radius 3 is 2.91 bits per heavy atom. The number of nitrogens with one attached hydrogen (secondary N) is 1. The van der Waals surface area contributed by atoms with Crippen molar-refractivity contribution in [2.24, 2.45) is 5.73 Å². The van der Waals surface area contributed by atoms with E-state index in [2.05, 4.69) is 29.1 Å². The van der Waals surface area contributed by atoms with Gasteiger partial charge in [0, 0.05) is 40.0 Å². The number of amides is 1. The van der Waals surface area contributed by atoms with Gasteiger partial charge in [0.15, 0.2) is 0 Å². The molecule has 5 heteroatoms. The predicted octanol–water partition coefficient (Wildman–Crippen LogP) is 2.62. The molecule has 3 aromatic rings. The summed E-state index contributed by atoms with van der Waals surface area (Å²) in [4.78, 5) is 21.9. The summed E-state index contributed by atoms with van der Waals surface area (Å²) in [6, 6.07) is 9.77. The van der Waals surface area contributed by atoms with Gasteiger partial charge in [-0.15, -0.1) is 0 Å². The van der Waals surface area contributed by atoms with E-state index in [4.69, 9.17) is 10.7 Å². The van der Waals surface area contributed by atoms with Crippen molar-refractivity contribution in [1.82, 2.24) is 14.9 Å². The molecule has 3 heterocycles. The van der Waals surface area contributed by atoms with Crippen molar-refractivity contribution in [2.45, 2.75) is 18.8 Å². The number of rotatable bonds is 2. The summed E-state index contributed by atoms with van der Waals surface area (Å²) in [5.41, 5.74) is 8.80. The highest BCUT2D eigenvalue weighted by Gasteiger charge is 2.20. The number of aromatic nitrogens is 2. The van der Waals surface area contributed by atoms with Gasteiger partial charge in [0.2, 0.25) is 5.91 Å². The number of hydrogen-bond acceptors (Lipinski definition) is 3. The quantitative estimate of drug-likeness (QED) is 0.764. The number of hydrogen-bond donors (Lipinski definition) is 2. The molecule has 0 bridgehead atoms. The second kappa shape index (κ2) is 5.35. The standard InChI is InChI=1S/C18H20N4O/c1-22-8-2-3-12(10-22)15-7-6-14-13-5-4-11(17(19)23)9-16(13)21-18(14)20-15/h4-7,9,12H,2-3,8,10H2,1H3,(H2,19,23)(H,20,21). The zero-order valence-electron chi connectivity index (χ0n) is 13.2. The number of primary amides is 1. The van der Waals surface area contributed by atoms with Crippen LogP contribution < -0.4 is 5.73 Å². The number of pyridine rings is 1. The van der Waals surface area contributed by atoms with Crippen molar-refractivity contribution >= 4 is 27.8 Å². The van der Waals surface area contributed by atoms with Crippen molar-refractivity contribution in [3.05, 3.63) is 41.6 Å². The average Bonchev–Trinajstić information content (AvgIpc) is 2.91. The number of benzene rings is 1. The summed E-state index contributed by atoms with van der Waals surface area (Å²) >= 11 is 0. The van der Waals surface area contributed by atoms with E-state index < -0.39 is 5.91 Å². The Hall–Kier alpha value is -2.40. The maximum Gasteiger partial charge on any atom is 0.248 e. The fourth-order valence-corrected chi connectivity index (χ4v) is 3.59. The number of aromatic amines is 1. The Bertz CT molecular complexity index is 899. The van der Waals surface area contributed by atoms with Gasteiger partial charge in [-0.25, -0.2) is 4.98 Å². The van der Waals surface area contributed by atoms with Crippen LogP contribution in [0.4, 0.5) is 0 Å². The summed E-state index contributed by atoms with van der Waals surface area (Å²) in [5.74, 6) is 0.0789. The van der Waals surface area contributed by atoms with Crippen LogP contribution in [0.1, 0.15) is 34.8 Å². The van der Waals surface area contributed by atoms with Crippen molar-refractivity contribution in [2.75, 3.05) is 20.1 Å². The van der Waals surface area contributed by atoms with Crippen LogP contribution in [0, 0.1) is 0 Å². The highest BCUT2D eigenvalue weighted by molar-refractivity contribution is 6.08. The normalized spacial score (nSPS) is 19.4. The molecule has 23 heavy (non-hydrogen) atoms. The van der Waals surface area contributed by atoms with E-state index in [9.17, 15) is 4.79 Å². The number of fused-ring (bicyclic) bond motifs is 3. The van der Waals surface area contributed by atoms with Crippen molar-refractivity contribution in [3.8, 4) is 0 Å². The lowest BCUT2D eigenvalue weighted by molar-refractivity contribution is 0.100. The maximum atomic E-state index is 11.3. The van der Waals surface area contributed by atoms with Crippen molar-refractivity contribution < 1.29 is 4.79 Å². The van der Waals surface area contributed by atoms with Gasteiger partial charge in [0.1, 0.15) is 5.65 Å². The number of nitrogens with two attached hydrogens (primary N) is 1. The number of nitrogens with zero attached hydrogens (tertiary/aromatic N) is 2. The monoisotopic (exact) mass is 308 g/mol. The Labute approximate surface area is 134 Å². The van der Waals surface area contributed by atoms with E-state index in [1.807, 2.05) is 6.07 Å². The minimum atomic E-state index is -0.413. The molecule has 1 unspecified atom stereocenters. The van der Waals surface area contributed by atoms with Gasteiger partial charge in [-0.3, -0.25) is 4.79 Å². The molecular weight excluding hydrogens is 288 g/mol. The number of carbonyl (C=O) groups is 1. The van der Waals surface area contributed by atoms with Crippen LogP contribution in [0.3, 0.4) is 0 Å². The lowest BCUT2D eigenvalue weighted by Gasteiger charge is -2.29. The molecule has 0 aliphatic carbocycles. The van der Waals surface area contributed by atoms with Gasteiger partial charge in [0.05, 0.1) is 0 Å². The molecule has 2 aromatic heterocycles. The number of carbonyl (C=O) groups excluding carboxylic acids is 1. The Balaban J connectivity index is 1.79. The first-order valence-electron chi connectivity index (χ1n) is 8.02. The number of piperidine rings is 1. The molecule has 0 saturated carbocycles. The largest absolute Gasteiger partial charge is 0.366 e. The smallest absolute Gasteiger partial charge is 0.248 e. The SMILES string of the molecule is CN1CCCC(c2ccc3c(n2)[nH]c2cc(C(N)=O)ccc23)C1. The Kier molecular flexibility index (Phi) is 3.31. The van der Waals surface area contributed by atoms with Crippen LogP contribution in [-0.2, 0) is 0 Å². The first-order valence-corrected chi connectivity index (χ1v) is 8.02. The molecule has 0 spiro atoms. The van der Waals surface area contributed by atoms with E-state index in [1.165, 1.54) is 19.4 Å². The third-order valence-electron chi connectivity index (χ3n) is 4.81. The third-order valence-corrected chi connectivity index (χ3v) is 4.81. The molecule has 3 N–H and O–H groups in total. The van der Waals surface area contributed by atoms with Crippen LogP contribution in [0.2, 0.25) is 0 Å². The van der Waals surface area contributed by atoms with E-state index in [0.29, 0.717) is 11.5 Å². The molecule has 4 rings (SSSR count). The predicted molar refractivity (Wildman–Crippen MR) is 91.6 cm³/mol. The van der Waals surface area contributed by atoms with Crippen LogP contribution in [0.25, 0.3) is 21.9 Å². The molecule has 1 atom stereocenters. The van der Waals surface area contributed by atoms with Gasteiger partial charge < -0.3 is 15.6 Å². The number of H-pyrrole nitrogens is 1. The fourth-order valence-electron chi connectivity index (χ4n) is 3.59. The lowest BCUT2D eigenvalue weighted by atomic mass is 9.94. The van der Waals surface area contributed by atoms with Crippen LogP contribution in [0.5, 0.6) is 0 Å². The molecule has 118 valence electrons. The van der Waals surface area contributed by atoms with Gasteiger partial charge >= 0.3 is 0 Å². The van der Waals surface area contributed by atoms with Gasteiger partial charge in [-0.1, -0.05) is 6.07 Å². The highest BCUT2D eigenvalue weighted by Crippen LogP contribution is 2.29. The van der Waals surface area contributed by atoms with E-state index >= 15 is 0 Å². The van der Waals surface area contributed by atoms with Crippen LogP contribution >= 0.6 is 0 Å². The van der Waals surface area contributed by atoms with Gasteiger partial charge in [-0.05, 0) is 50.7 Å². The first kappa shape index (κ1) is 14.2. The summed E-state index contributed by atoms with van der Waals surface area (Å²) in [7, 11) is 2.17. The molecule has 1 aromatic carbocycles. The van der Waals surface area contributed by atoms with Gasteiger partial charge in [-0.2, -0.15) is 0 Å². The minimum absolute atomic E-state index is 0.413. The number of likely N-dealkylation sites (N-methyl/N-ethyl adjacent to an activating group) is 1. The third kappa shape index (κ3) is 2.47. The van der Waals surface area contributed by atoms with E-state index in [1.54, 1.807) is 12.1 Å². The second-order valence-electron chi connectivity index (χ2n) is 6.48. The van der Waals surface area contributed by atoms with E-state index in [0.717, 1.165) is 34.2 Å². The molecule has 5 nitrogen and oxygen atoms in total. The van der Waals surface area contributed by atoms with Crippen molar-refractivity contribution in [1.29, 1.82) is 0 Å². The average molecular weight is 308 g/mol. The zero-order valence-corrected chi connectivity index (χ0v) is 13.2. The van der Waals surface area contributed by atoms with Crippen molar-refractivity contribution in [3.63, 3.8) is 0 Å². The summed E-state index contributed by atoms with van der Waals surface area (Å²) in [6.07, 6.45) is 2.41. The molecular formula is C18H20N4O. The van der Waals surface area contributed by atoms with Crippen LogP contribution in [-0.4, -0.2) is 40.9 Å². The first-order chi connectivity index (χ1) is 11.1. The molecule has 1 saturated heterocycles.